The molecule has 6 heteroatoms. The normalized spacial score (nSPS) is 11.3. The lowest BCUT2D eigenvalue weighted by Gasteiger charge is -2.20. The van der Waals surface area contributed by atoms with Crippen LogP contribution in [0.1, 0.15) is 48.0 Å². The highest BCUT2D eigenvalue weighted by Gasteiger charge is 2.14. The van der Waals surface area contributed by atoms with Crippen molar-refractivity contribution in [3.8, 4) is 6.01 Å². The number of ether oxygens (including phenoxy) is 1. The molecule has 0 saturated carbocycles. The van der Waals surface area contributed by atoms with Gasteiger partial charge in [0.1, 0.15) is 0 Å². The van der Waals surface area contributed by atoms with Gasteiger partial charge in [-0.1, -0.05) is 20.8 Å². The predicted molar refractivity (Wildman–Crippen MR) is 87.1 cm³/mol. The molecule has 0 atom stereocenters. The first kappa shape index (κ1) is 17.5. The number of rotatable bonds is 8. The fourth-order valence-corrected chi connectivity index (χ4v) is 1.74. The molecule has 1 aromatic rings. The van der Waals surface area contributed by atoms with Gasteiger partial charge >= 0.3 is 6.01 Å². The van der Waals surface area contributed by atoms with E-state index in [0.29, 0.717) is 24.5 Å². The Balaban J connectivity index is 2.86. The second-order valence-corrected chi connectivity index (χ2v) is 6.10. The van der Waals surface area contributed by atoms with Crippen molar-refractivity contribution in [3.05, 3.63) is 0 Å². The summed E-state index contributed by atoms with van der Waals surface area (Å²) in [5, 5.41) is 3.13. The zero-order valence-corrected chi connectivity index (χ0v) is 14.2. The van der Waals surface area contributed by atoms with Crippen molar-refractivity contribution in [1.82, 2.24) is 15.0 Å². The Morgan fingerprint density at radius 2 is 1.71 bits per heavy atom. The minimum Gasteiger partial charge on any atom is -0.463 e. The second kappa shape index (κ2) is 8.00. The molecule has 6 nitrogen and oxygen atoms in total. The summed E-state index contributed by atoms with van der Waals surface area (Å²) in [7, 11) is 0. The molecule has 120 valence electrons. The van der Waals surface area contributed by atoms with Gasteiger partial charge in [0.05, 0.1) is 6.61 Å². The van der Waals surface area contributed by atoms with Gasteiger partial charge in [-0.15, -0.1) is 0 Å². The van der Waals surface area contributed by atoms with Crippen LogP contribution in [-0.2, 0) is 0 Å². The number of nitrogens with zero attached hydrogens (tertiary/aromatic N) is 4. The summed E-state index contributed by atoms with van der Waals surface area (Å²) in [6, 6.07) is 0.395. The van der Waals surface area contributed by atoms with Crippen LogP contribution in [0.25, 0.3) is 0 Å². The number of nitrogens with one attached hydrogen (secondary N) is 1. The molecular formula is C15H29N5O. The molecule has 0 aliphatic rings. The van der Waals surface area contributed by atoms with Gasteiger partial charge in [-0.3, -0.25) is 0 Å². The largest absolute Gasteiger partial charge is 0.463 e. The molecule has 0 amide bonds. The van der Waals surface area contributed by atoms with E-state index in [1.165, 1.54) is 0 Å². The van der Waals surface area contributed by atoms with Gasteiger partial charge < -0.3 is 15.0 Å². The van der Waals surface area contributed by atoms with Crippen LogP contribution in [0.4, 0.5) is 11.9 Å². The number of hydrogen-bond acceptors (Lipinski definition) is 6. The van der Waals surface area contributed by atoms with Crippen molar-refractivity contribution < 1.29 is 4.74 Å². The first-order chi connectivity index (χ1) is 9.89. The molecule has 0 aliphatic carbocycles. The predicted octanol–water partition coefficient (Wildman–Crippen LogP) is 2.96. The monoisotopic (exact) mass is 295 g/mol. The molecule has 0 aliphatic heterocycles. The van der Waals surface area contributed by atoms with E-state index in [9.17, 15) is 0 Å². The molecule has 0 bridgehead atoms. The maximum absolute atomic E-state index is 5.72. The lowest BCUT2D eigenvalue weighted by atomic mass is 9.93. The summed E-state index contributed by atoms with van der Waals surface area (Å²) in [5.41, 5.74) is 0.235. The Kier molecular flexibility index (Phi) is 6.65. The number of hydrogen-bond donors (Lipinski definition) is 1. The van der Waals surface area contributed by atoms with Crippen LogP contribution in [0.3, 0.4) is 0 Å². The first-order valence-corrected chi connectivity index (χ1v) is 7.77. The van der Waals surface area contributed by atoms with E-state index in [4.69, 9.17) is 4.74 Å². The molecule has 1 heterocycles. The molecular weight excluding hydrogens is 266 g/mol. The SMILES string of the molecule is CCNc1nc(OCCC(C)(C)C)nc(N(CC)CC)n1. The lowest BCUT2D eigenvalue weighted by molar-refractivity contribution is 0.229. The van der Waals surface area contributed by atoms with E-state index in [1.807, 2.05) is 6.92 Å². The standard InChI is InChI=1S/C15H29N5O/c1-7-16-12-17-13(20(8-2)9-3)19-14(18-12)21-11-10-15(4,5)6/h7-11H2,1-6H3,(H,16,17,18,19). The van der Waals surface area contributed by atoms with E-state index in [1.54, 1.807) is 0 Å². The van der Waals surface area contributed by atoms with Gasteiger partial charge in [0.2, 0.25) is 11.9 Å². The third-order valence-electron chi connectivity index (χ3n) is 3.07. The first-order valence-electron chi connectivity index (χ1n) is 7.77. The van der Waals surface area contributed by atoms with Crippen molar-refractivity contribution in [2.75, 3.05) is 36.5 Å². The highest BCUT2D eigenvalue weighted by molar-refractivity contribution is 5.38. The molecule has 1 aromatic heterocycles. The number of anilines is 2. The Hall–Kier alpha value is -1.59. The Morgan fingerprint density at radius 1 is 1.05 bits per heavy atom. The van der Waals surface area contributed by atoms with Crippen molar-refractivity contribution in [2.45, 2.75) is 48.0 Å². The van der Waals surface area contributed by atoms with Gasteiger partial charge in [0.15, 0.2) is 0 Å². The van der Waals surface area contributed by atoms with Crippen LogP contribution < -0.4 is 15.0 Å². The van der Waals surface area contributed by atoms with E-state index >= 15 is 0 Å². The fraction of sp³-hybridized carbons (Fsp3) is 0.800. The fourth-order valence-electron chi connectivity index (χ4n) is 1.74. The molecule has 21 heavy (non-hydrogen) atoms. The van der Waals surface area contributed by atoms with Gasteiger partial charge in [0.25, 0.3) is 0 Å². The molecule has 1 N–H and O–H groups in total. The third kappa shape index (κ3) is 6.14. The summed E-state index contributed by atoms with van der Waals surface area (Å²) in [5.74, 6) is 1.23. The van der Waals surface area contributed by atoms with Gasteiger partial charge in [-0.25, -0.2) is 0 Å². The quantitative estimate of drug-likeness (QED) is 0.795. The Bertz CT molecular complexity index is 427. The average molecular weight is 295 g/mol. The summed E-state index contributed by atoms with van der Waals surface area (Å²) in [4.78, 5) is 15.2. The molecule has 0 unspecified atom stereocenters. The molecule has 0 spiro atoms. The minimum absolute atomic E-state index is 0.235. The maximum Gasteiger partial charge on any atom is 0.323 e. The van der Waals surface area contributed by atoms with E-state index in [-0.39, 0.29) is 5.41 Å². The molecule has 0 radical (unpaired) electrons. The zero-order valence-electron chi connectivity index (χ0n) is 14.2. The zero-order chi connectivity index (χ0) is 15.9. The highest BCUT2D eigenvalue weighted by Crippen LogP contribution is 2.20. The van der Waals surface area contributed by atoms with Crippen LogP contribution >= 0.6 is 0 Å². The third-order valence-corrected chi connectivity index (χ3v) is 3.07. The van der Waals surface area contributed by atoms with Crippen molar-refractivity contribution >= 4 is 11.9 Å². The Morgan fingerprint density at radius 3 is 2.24 bits per heavy atom. The Labute approximate surface area is 128 Å². The van der Waals surface area contributed by atoms with Crippen LogP contribution in [0.15, 0.2) is 0 Å². The maximum atomic E-state index is 5.72. The molecule has 1 rings (SSSR count). The van der Waals surface area contributed by atoms with Crippen molar-refractivity contribution in [3.63, 3.8) is 0 Å². The van der Waals surface area contributed by atoms with Crippen LogP contribution in [0.2, 0.25) is 0 Å². The van der Waals surface area contributed by atoms with Crippen LogP contribution in [-0.4, -0.2) is 41.2 Å². The highest BCUT2D eigenvalue weighted by atomic mass is 16.5. The molecule has 0 fully saturated rings. The van der Waals surface area contributed by atoms with E-state index in [2.05, 4.69) is 59.8 Å². The average Bonchev–Trinajstić information content (AvgIpc) is 2.39. The molecule has 0 aromatic carbocycles. The van der Waals surface area contributed by atoms with Crippen molar-refractivity contribution in [2.24, 2.45) is 5.41 Å². The summed E-state index contributed by atoms with van der Waals surface area (Å²) in [6.07, 6.45) is 0.954. The van der Waals surface area contributed by atoms with E-state index < -0.39 is 0 Å². The summed E-state index contributed by atoms with van der Waals surface area (Å²) in [6.45, 7) is 15.8. The van der Waals surface area contributed by atoms with Crippen molar-refractivity contribution in [1.29, 1.82) is 0 Å². The molecule has 0 saturated heterocycles. The smallest absolute Gasteiger partial charge is 0.323 e. The van der Waals surface area contributed by atoms with Crippen LogP contribution in [0.5, 0.6) is 6.01 Å². The minimum atomic E-state index is 0.235. The van der Waals surface area contributed by atoms with E-state index in [0.717, 1.165) is 26.1 Å². The van der Waals surface area contributed by atoms with Gasteiger partial charge in [-0.2, -0.15) is 15.0 Å². The number of aromatic nitrogens is 3. The topological polar surface area (TPSA) is 63.2 Å². The van der Waals surface area contributed by atoms with Gasteiger partial charge in [0, 0.05) is 19.6 Å². The lowest BCUT2D eigenvalue weighted by Crippen LogP contribution is -2.25. The van der Waals surface area contributed by atoms with Gasteiger partial charge in [-0.05, 0) is 32.6 Å². The summed E-state index contributed by atoms with van der Waals surface area (Å²) >= 11 is 0. The second-order valence-electron chi connectivity index (χ2n) is 6.10. The van der Waals surface area contributed by atoms with Crippen LogP contribution in [0, 0.1) is 5.41 Å². The summed E-state index contributed by atoms with van der Waals surface area (Å²) < 4.78 is 5.72.